The molecule has 0 spiro atoms. The van der Waals surface area contributed by atoms with Gasteiger partial charge in [0.05, 0.1) is 5.69 Å². The van der Waals surface area contributed by atoms with Gasteiger partial charge in [-0.05, 0) is 17.4 Å². The summed E-state index contributed by atoms with van der Waals surface area (Å²) in [5, 5.41) is 4.26. The molecule has 3 aromatic rings. The second-order valence-electron chi connectivity index (χ2n) is 4.26. The van der Waals surface area contributed by atoms with E-state index in [9.17, 15) is 4.79 Å². The number of hydrogen-bond donors (Lipinski definition) is 0. The van der Waals surface area contributed by atoms with Gasteiger partial charge in [0.15, 0.2) is 4.34 Å². The van der Waals surface area contributed by atoms with Gasteiger partial charge in [-0.2, -0.15) is 4.52 Å². The van der Waals surface area contributed by atoms with Gasteiger partial charge in [0.1, 0.15) is 0 Å². The van der Waals surface area contributed by atoms with Gasteiger partial charge in [-0.3, -0.25) is 4.79 Å². The minimum absolute atomic E-state index is 0.146. The monoisotopic (exact) mass is 315 g/mol. The Labute approximate surface area is 130 Å². The van der Waals surface area contributed by atoms with Crippen LogP contribution in [0.15, 0.2) is 45.5 Å². The molecule has 6 heteroatoms. The molecule has 0 amide bonds. The van der Waals surface area contributed by atoms with Crippen molar-refractivity contribution in [1.29, 1.82) is 0 Å². The van der Waals surface area contributed by atoms with Gasteiger partial charge in [-0.15, -0.1) is 5.10 Å². The first-order valence-electron chi connectivity index (χ1n) is 6.53. The molecule has 0 aliphatic heterocycles. The molecular weight excluding hydrogens is 302 g/mol. The van der Waals surface area contributed by atoms with Crippen LogP contribution in [-0.2, 0) is 0 Å². The van der Waals surface area contributed by atoms with Crippen LogP contribution < -0.4 is 5.56 Å². The number of nitrogens with zero attached hydrogens (tertiary/aromatic N) is 3. The topological polar surface area (TPSA) is 47.3 Å². The Morgan fingerprint density at radius 1 is 1.29 bits per heavy atom. The average Bonchev–Trinajstić information content (AvgIpc) is 2.90. The predicted molar refractivity (Wildman–Crippen MR) is 88.9 cm³/mol. The number of rotatable bonds is 4. The van der Waals surface area contributed by atoms with E-state index in [1.165, 1.54) is 21.9 Å². The quantitative estimate of drug-likeness (QED) is 0.692. The van der Waals surface area contributed by atoms with Crippen molar-refractivity contribution in [2.75, 3.05) is 5.75 Å². The predicted octanol–water partition coefficient (Wildman–Crippen LogP) is 3.43. The summed E-state index contributed by atoms with van der Waals surface area (Å²) in [6.45, 7) is 2.06. The van der Waals surface area contributed by atoms with Crippen LogP contribution >= 0.6 is 23.1 Å². The SMILES string of the molecule is CCSc1nn2c(=O)cc(C=Cc3ccccc3)nc2s1. The molecule has 21 heavy (non-hydrogen) atoms. The smallest absolute Gasteiger partial charge is 0.267 e. The van der Waals surface area contributed by atoms with Crippen molar-refractivity contribution < 1.29 is 0 Å². The van der Waals surface area contributed by atoms with Gasteiger partial charge < -0.3 is 0 Å². The Bertz CT molecular complexity index is 837. The van der Waals surface area contributed by atoms with Gasteiger partial charge in [-0.1, -0.05) is 66.4 Å². The van der Waals surface area contributed by atoms with Crippen molar-refractivity contribution in [2.45, 2.75) is 11.3 Å². The summed E-state index contributed by atoms with van der Waals surface area (Å²) in [4.78, 5) is 17.2. The lowest BCUT2D eigenvalue weighted by Crippen LogP contribution is -2.14. The molecule has 4 nitrogen and oxygen atoms in total. The zero-order valence-corrected chi connectivity index (χ0v) is 13.0. The third-order valence-electron chi connectivity index (χ3n) is 2.76. The molecule has 0 radical (unpaired) electrons. The molecule has 0 aliphatic rings. The first-order valence-corrected chi connectivity index (χ1v) is 8.33. The normalized spacial score (nSPS) is 11.5. The highest BCUT2D eigenvalue weighted by Gasteiger charge is 2.07. The summed E-state index contributed by atoms with van der Waals surface area (Å²) in [7, 11) is 0. The van der Waals surface area contributed by atoms with E-state index >= 15 is 0 Å². The van der Waals surface area contributed by atoms with E-state index in [-0.39, 0.29) is 5.56 Å². The van der Waals surface area contributed by atoms with Crippen LogP contribution in [0.3, 0.4) is 0 Å². The van der Waals surface area contributed by atoms with Crippen molar-refractivity contribution in [3.8, 4) is 0 Å². The van der Waals surface area contributed by atoms with Crippen LogP contribution in [0.25, 0.3) is 17.1 Å². The van der Waals surface area contributed by atoms with Gasteiger partial charge in [0.2, 0.25) is 4.96 Å². The van der Waals surface area contributed by atoms with Crippen molar-refractivity contribution in [2.24, 2.45) is 0 Å². The van der Waals surface area contributed by atoms with Gasteiger partial charge in [0.25, 0.3) is 5.56 Å². The number of thioether (sulfide) groups is 1. The third kappa shape index (κ3) is 3.22. The first kappa shape index (κ1) is 14.0. The summed E-state index contributed by atoms with van der Waals surface area (Å²) in [6, 6.07) is 11.4. The Balaban J connectivity index is 1.96. The molecule has 0 saturated heterocycles. The molecule has 2 aromatic heterocycles. The van der Waals surface area contributed by atoms with E-state index in [0.29, 0.717) is 10.7 Å². The minimum atomic E-state index is -0.146. The molecule has 0 atom stereocenters. The van der Waals surface area contributed by atoms with Crippen LogP contribution in [0.5, 0.6) is 0 Å². The molecule has 0 N–H and O–H groups in total. The summed E-state index contributed by atoms with van der Waals surface area (Å²) >= 11 is 3.06. The van der Waals surface area contributed by atoms with Crippen LogP contribution in [-0.4, -0.2) is 20.4 Å². The van der Waals surface area contributed by atoms with Crippen molar-refractivity contribution in [1.82, 2.24) is 14.6 Å². The summed E-state index contributed by atoms with van der Waals surface area (Å²) in [6.07, 6.45) is 3.80. The number of aromatic nitrogens is 3. The Morgan fingerprint density at radius 2 is 2.10 bits per heavy atom. The largest absolute Gasteiger partial charge is 0.275 e. The van der Waals surface area contributed by atoms with Crippen molar-refractivity contribution in [3.05, 3.63) is 58.0 Å². The van der Waals surface area contributed by atoms with E-state index < -0.39 is 0 Å². The highest BCUT2D eigenvalue weighted by molar-refractivity contribution is 8.01. The summed E-state index contributed by atoms with van der Waals surface area (Å²) < 4.78 is 2.23. The molecule has 0 bridgehead atoms. The van der Waals surface area contributed by atoms with Gasteiger partial charge >= 0.3 is 0 Å². The highest BCUT2D eigenvalue weighted by atomic mass is 32.2. The average molecular weight is 315 g/mol. The maximum absolute atomic E-state index is 12.1. The molecule has 1 aromatic carbocycles. The fourth-order valence-electron chi connectivity index (χ4n) is 1.82. The summed E-state index contributed by atoms with van der Waals surface area (Å²) in [5.74, 6) is 0.926. The van der Waals surface area contributed by atoms with Crippen molar-refractivity contribution >= 4 is 40.2 Å². The highest BCUT2D eigenvalue weighted by Crippen LogP contribution is 2.22. The second kappa shape index (κ2) is 6.24. The lowest BCUT2D eigenvalue weighted by atomic mass is 10.2. The van der Waals surface area contributed by atoms with Crippen LogP contribution in [0.1, 0.15) is 18.2 Å². The standard InChI is InChI=1S/C15H13N3OS2/c1-2-20-15-17-18-13(19)10-12(16-14(18)21-15)9-8-11-6-4-3-5-7-11/h3-10H,2H2,1H3. The summed E-state index contributed by atoms with van der Waals surface area (Å²) in [5.41, 5.74) is 1.58. The molecule has 3 rings (SSSR count). The first-order chi connectivity index (χ1) is 10.3. The molecule has 0 saturated carbocycles. The molecule has 0 fully saturated rings. The Hall–Kier alpha value is -1.92. The lowest BCUT2D eigenvalue weighted by Gasteiger charge is -1.94. The fourth-order valence-corrected chi connectivity index (χ4v) is 3.67. The van der Waals surface area contributed by atoms with Gasteiger partial charge in [-0.25, -0.2) is 4.98 Å². The van der Waals surface area contributed by atoms with Gasteiger partial charge in [0, 0.05) is 6.07 Å². The van der Waals surface area contributed by atoms with Crippen LogP contribution in [0.2, 0.25) is 0 Å². The number of benzene rings is 1. The van der Waals surface area contributed by atoms with E-state index in [4.69, 9.17) is 0 Å². The van der Waals surface area contributed by atoms with Crippen molar-refractivity contribution in [3.63, 3.8) is 0 Å². The lowest BCUT2D eigenvalue weighted by molar-refractivity contribution is 0.856. The zero-order chi connectivity index (χ0) is 14.7. The van der Waals surface area contributed by atoms with E-state index in [1.54, 1.807) is 11.8 Å². The number of fused-ring (bicyclic) bond motifs is 1. The molecule has 2 heterocycles. The fraction of sp³-hybridized carbons (Fsp3) is 0.133. The molecule has 0 aliphatic carbocycles. The van der Waals surface area contributed by atoms with E-state index in [1.807, 2.05) is 42.5 Å². The zero-order valence-electron chi connectivity index (χ0n) is 11.4. The van der Waals surface area contributed by atoms with E-state index in [2.05, 4.69) is 17.0 Å². The Morgan fingerprint density at radius 3 is 2.86 bits per heavy atom. The molecule has 106 valence electrons. The third-order valence-corrected chi connectivity index (χ3v) is 4.68. The van der Waals surface area contributed by atoms with Crippen LogP contribution in [0, 0.1) is 0 Å². The van der Waals surface area contributed by atoms with E-state index in [0.717, 1.165) is 15.7 Å². The molecule has 0 unspecified atom stereocenters. The maximum atomic E-state index is 12.1. The Kier molecular flexibility index (Phi) is 4.17. The minimum Gasteiger partial charge on any atom is -0.267 e. The molecular formula is C15H13N3OS2. The number of hydrogen-bond acceptors (Lipinski definition) is 5. The second-order valence-corrected chi connectivity index (χ2v) is 6.73. The van der Waals surface area contributed by atoms with Crippen LogP contribution in [0.4, 0.5) is 0 Å². The maximum Gasteiger partial charge on any atom is 0.275 e.